The molecule has 0 aromatic carbocycles. The number of furan rings is 1. The van der Waals surface area contributed by atoms with Crippen LogP contribution in [-0.2, 0) is 21.1 Å². The highest BCUT2D eigenvalue weighted by molar-refractivity contribution is 7.92. The van der Waals surface area contributed by atoms with Crippen LogP contribution in [0.2, 0.25) is 6.32 Å². The van der Waals surface area contributed by atoms with Gasteiger partial charge in [-0.25, -0.2) is 8.42 Å². The van der Waals surface area contributed by atoms with Crippen molar-refractivity contribution in [2.45, 2.75) is 70.2 Å². The maximum absolute atomic E-state index is 12.5. The highest BCUT2D eigenvalue weighted by Gasteiger charge is 2.47. The van der Waals surface area contributed by atoms with Crippen molar-refractivity contribution in [2.75, 3.05) is 5.75 Å². The number of hydrogen-bond acceptors (Lipinski definition) is 6. The summed E-state index contributed by atoms with van der Waals surface area (Å²) in [5.74, 6) is 1.31. The van der Waals surface area contributed by atoms with E-state index in [9.17, 15) is 13.4 Å². The molecule has 0 amide bonds. The minimum Gasteiger partial charge on any atom is -0.459 e. The molecule has 0 bridgehead atoms. The lowest BCUT2D eigenvalue weighted by atomic mass is 9.74. The van der Waals surface area contributed by atoms with Crippen molar-refractivity contribution in [1.29, 1.82) is 0 Å². The maximum Gasteiger partial charge on any atom is 0.456 e. The molecule has 154 valence electrons. The van der Waals surface area contributed by atoms with Crippen LogP contribution in [0.4, 0.5) is 0 Å². The van der Waals surface area contributed by atoms with Crippen molar-refractivity contribution in [3.63, 3.8) is 0 Å². The van der Waals surface area contributed by atoms with Crippen LogP contribution in [0.25, 0.3) is 6.08 Å². The molecule has 6 nitrogen and oxygen atoms in total. The number of aliphatic hydroxyl groups is 1. The Balaban J connectivity index is 1.78. The zero-order valence-electron chi connectivity index (χ0n) is 16.6. The van der Waals surface area contributed by atoms with Gasteiger partial charge in [-0.2, -0.15) is 0 Å². The molecule has 1 saturated heterocycles. The summed E-state index contributed by atoms with van der Waals surface area (Å²) in [6.45, 7) is 3.95. The molecule has 3 rings (SSSR count). The fraction of sp³-hybridized carbons (Fsp3) is 0.600. The van der Waals surface area contributed by atoms with Gasteiger partial charge in [0.25, 0.3) is 0 Å². The van der Waals surface area contributed by atoms with E-state index in [-0.39, 0.29) is 24.8 Å². The van der Waals surface area contributed by atoms with Crippen molar-refractivity contribution in [2.24, 2.45) is 0 Å². The number of aliphatic hydroxyl groups excluding tert-OH is 1. The van der Waals surface area contributed by atoms with Gasteiger partial charge in [-0.1, -0.05) is 31.4 Å². The van der Waals surface area contributed by atoms with Gasteiger partial charge >= 0.3 is 7.12 Å². The van der Waals surface area contributed by atoms with E-state index in [1.54, 1.807) is 6.07 Å². The predicted molar refractivity (Wildman–Crippen MR) is 109 cm³/mol. The Hall–Kier alpha value is -1.35. The van der Waals surface area contributed by atoms with Crippen LogP contribution in [0, 0.1) is 0 Å². The second kappa shape index (κ2) is 8.99. The maximum atomic E-state index is 12.5. The van der Waals surface area contributed by atoms with Gasteiger partial charge in [0.1, 0.15) is 18.1 Å². The smallest absolute Gasteiger partial charge is 0.456 e. The Morgan fingerprint density at radius 3 is 2.75 bits per heavy atom. The molecule has 28 heavy (non-hydrogen) atoms. The minimum atomic E-state index is -3.24. The van der Waals surface area contributed by atoms with Crippen molar-refractivity contribution in [3.05, 3.63) is 40.4 Å². The second-order valence-corrected chi connectivity index (χ2v) is 9.76. The van der Waals surface area contributed by atoms with Gasteiger partial charge in [-0.05, 0) is 49.5 Å². The topological polar surface area (TPSA) is 97.0 Å². The lowest BCUT2D eigenvalue weighted by Gasteiger charge is -2.32. The summed E-state index contributed by atoms with van der Waals surface area (Å²) in [6, 6.07) is 3.59. The molecule has 1 fully saturated rings. The molecule has 2 atom stereocenters. The van der Waals surface area contributed by atoms with Gasteiger partial charge in [-0.3, -0.25) is 0 Å². The first kappa shape index (κ1) is 21.4. The molecule has 2 aliphatic heterocycles. The van der Waals surface area contributed by atoms with Gasteiger partial charge in [-0.15, -0.1) is 0 Å². The van der Waals surface area contributed by atoms with Crippen molar-refractivity contribution in [3.8, 4) is 0 Å². The molecular weight excluding hydrogens is 379 g/mol. The van der Waals surface area contributed by atoms with Crippen LogP contribution in [0.15, 0.2) is 33.3 Å². The number of rotatable bonds is 8. The van der Waals surface area contributed by atoms with Gasteiger partial charge in [0.15, 0.2) is 9.84 Å². The number of sulfone groups is 1. The van der Waals surface area contributed by atoms with E-state index < -0.39 is 22.2 Å². The lowest BCUT2D eigenvalue weighted by molar-refractivity contribution is 0.169. The fourth-order valence-electron chi connectivity index (χ4n) is 4.25. The molecule has 0 saturated carbocycles. The Kier molecular flexibility index (Phi) is 6.86. The van der Waals surface area contributed by atoms with E-state index in [2.05, 4.69) is 6.92 Å². The minimum absolute atomic E-state index is 0.0874. The molecule has 0 unspecified atom stereocenters. The number of fused-ring (bicyclic) bond motifs is 1. The van der Waals surface area contributed by atoms with E-state index in [0.717, 1.165) is 30.4 Å². The number of allylic oxidation sites excluding steroid dienone is 1. The highest BCUT2D eigenvalue weighted by Crippen LogP contribution is 2.40. The van der Waals surface area contributed by atoms with Crippen LogP contribution in [0.1, 0.15) is 57.5 Å². The van der Waals surface area contributed by atoms with Crippen LogP contribution >= 0.6 is 0 Å². The quantitative estimate of drug-likeness (QED) is 0.507. The third kappa shape index (κ3) is 4.62. The molecule has 2 N–H and O–H groups in total. The highest BCUT2D eigenvalue weighted by atomic mass is 32.2. The van der Waals surface area contributed by atoms with Gasteiger partial charge in [0.05, 0.1) is 17.1 Å². The summed E-state index contributed by atoms with van der Waals surface area (Å²) in [7, 11) is -4.28. The third-order valence-corrected chi connectivity index (χ3v) is 7.62. The summed E-state index contributed by atoms with van der Waals surface area (Å²) >= 11 is 0. The first-order valence-corrected chi connectivity index (χ1v) is 11.7. The van der Waals surface area contributed by atoms with E-state index >= 15 is 0 Å². The first-order valence-electron chi connectivity index (χ1n) is 10.0. The summed E-state index contributed by atoms with van der Waals surface area (Å²) in [5, 5.41) is 18.6. The summed E-state index contributed by atoms with van der Waals surface area (Å²) in [4.78, 5) is 0. The molecule has 2 aliphatic rings. The largest absolute Gasteiger partial charge is 0.459 e. The SMILES string of the molecule is CCC/C(=C\c1ccc(CO)o1)CC[C@H]1OB(O)C[C@H]2C1=C(CC)CS2(=O)=O. The normalized spacial score (nSPS) is 24.7. The van der Waals surface area contributed by atoms with Crippen LogP contribution in [0.3, 0.4) is 0 Å². The summed E-state index contributed by atoms with van der Waals surface area (Å²) in [5.41, 5.74) is 3.01. The summed E-state index contributed by atoms with van der Waals surface area (Å²) in [6.07, 6.45) is 5.67. The zero-order valence-corrected chi connectivity index (χ0v) is 17.4. The van der Waals surface area contributed by atoms with E-state index in [1.165, 1.54) is 5.57 Å². The molecule has 1 aromatic heterocycles. The van der Waals surface area contributed by atoms with Gasteiger partial charge < -0.3 is 19.2 Å². The van der Waals surface area contributed by atoms with Crippen molar-refractivity contribution < 1.29 is 27.6 Å². The lowest BCUT2D eigenvalue weighted by Crippen LogP contribution is -2.41. The Morgan fingerprint density at radius 2 is 2.11 bits per heavy atom. The molecule has 8 heteroatoms. The molecule has 0 aliphatic carbocycles. The average Bonchev–Trinajstić information content (AvgIpc) is 3.21. The molecule has 0 radical (unpaired) electrons. The van der Waals surface area contributed by atoms with E-state index in [1.807, 2.05) is 19.1 Å². The predicted octanol–water partition coefficient (Wildman–Crippen LogP) is 3.12. The Bertz CT molecular complexity index is 854. The molecule has 1 aromatic rings. The molecule has 0 spiro atoms. The average molecular weight is 408 g/mol. The standard InChI is InChI=1S/C20H29BO6S/c1-3-5-14(10-16-7-8-17(12-22)26-16)6-9-18-20-15(4-2)13-28(24,25)19(20)11-21(23)27-18/h7-8,10,18-19,22-23H,3-6,9,11-13H2,1-2H3/b14-10+/t18-,19+/m1/s1. The molecular formula is C20H29BO6S. The fourth-order valence-corrected chi connectivity index (χ4v) is 6.47. The summed E-state index contributed by atoms with van der Waals surface area (Å²) < 4.78 is 36.4. The van der Waals surface area contributed by atoms with Gasteiger partial charge in [0, 0.05) is 6.32 Å². The monoisotopic (exact) mass is 408 g/mol. The van der Waals surface area contributed by atoms with E-state index in [4.69, 9.17) is 14.2 Å². The van der Waals surface area contributed by atoms with Gasteiger partial charge in [0.2, 0.25) is 0 Å². The van der Waals surface area contributed by atoms with E-state index in [0.29, 0.717) is 24.4 Å². The Morgan fingerprint density at radius 1 is 1.32 bits per heavy atom. The third-order valence-electron chi connectivity index (χ3n) is 5.56. The van der Waals surface area contributed by atoms with Crippen LogP contribution in [-0.4, -0.2) is 42.8 Å². The second-order valence-electron chi connectivity index (χ2n) is 7.58. The number of hydrogen-bond donors (Lipinski definition) is 2. The zero-order chi connectivity index (χ0) is 20.3. The first-order chi connectivity index (χ1) is 13.4. The van der Waals surface area contributed by atoms with Crippen LogP contribution in [0.5, 0.6) is 0 Å². The van der Waals surface area contributed by atoms with Crippen LogP contribution < -0.4 is 0 Å². The molecule has 3 heterocycles. The van der Waals surface area contributed by atoms with Crippen molar-refractivity contribution >= 4 is 23.0 Å². The Labute approximate surface area is 167 Å². The van der Waals surface area contributed by atoms with Crippen molar-refractivity contribution in [1.82, 2.24) is 0 Å².